The molecule has 3 aromatic heterocycles. The van der Waals surface area contributed by atoms with Crippen LogP contribution in [0.1, 0.15) is 23.2 Å². The molecule has 0 aliphatic carbocycles. The summed E-state index contributed by atoms with van der Waals surface area (Å²) in [7, 11) is 2.12. The summed E-state index contributed by atoms with van der Waals surface area (Å²) in [4.78, 5) is 23.9. The number of thiazole rings is 1. The van der Waals surface area contributed by atoms with Gasteiger partial charge in [0.05, 0.1) is 25.0 Å². The lowest BCUT2D eigenvalue weighted by molar-refractivity contribution is -0.0670. The third kappa shape index (κ3) is 2.99. The van der Waals surface area contributed by atoms with Crippen molar-refractivity contribution < 1.29 is 13.9 Å². The van der Waals surface area contributed by atoms with Crippen molar-refractivity contribution in [1.82, 2.24) is 24.8 Å². The number of aromatic nitrogens is 3. The topological polar surface area (TPSA) is 72.3 Å². The van der Waals surface area contributed by atoms with E-state index < -0.39 is 5.82 Å². The highest BCUT2D eigenvalue weighted by Gasteiger charge is 2.37. The van der Waals surface area contributed by atoms with Gasteiger partial charge in [-0.15, -0.1) is 11.3 Å². The molecule has 5 heterocycles. The maximum absolute atomic E-state index is 13.9. The molecular weight excluding hydrogens is 381 g/mol. The van der Waals surface area contributed by atoms with Gasteiger partial charge in [0.2, 0.25) is 0 Å². The monoisotopic (exact) mass is 401 g/mol. The number of morpholine rings is 1. The van der Waals surface area contributed by atoms with Gasteiger partial charge < -0.3 is 10.1 Å². The Kier molecular flexibility index (Phi) is 4.37. The summed E-state index contributed by atoms with van der Waals surface area (Å²) < 4.78 is 21.2. The summed E-state index contributed by atoms with van der Waals surface area (Å²) >= 11 is 1.43. The van der Waals surface area contributed by atoms with Crippen LogP contribution in [0.2, 0.25) is 0 Å². The van der Waals surface area contributed by atoms with Gasteiger partial charge >= 0.3 is 0 Å². The van der Waals surface area contributed by atoms with E-state index >= 15 is 0 Å². The van der Waals surface area contributed by atoms with Gasteiger partial charge in [0.1, 0.15) is 11.5 Å². The number of halogens is 1. The highest BCUT2D eigenvalue weighted by atomic mass is 32.1. The molecule has 2 fully saturated rings. The maximum atomic E-state index is 13.9. The maximum Gasteiger partial charge on any atom is 0.253 e. The molecule has 2 aliphatic rings. The van der Waals surface area contributed by atoms with Crippen molar-refractivity contribution >= 4 is 28.3 Å². The van der Waals surface area contributed by atoms with Gasteiger partial charge in [-0.2, -0.15) is 0 Å². The molecule has 5 rings (SSSR count). The minimum Gasteiger partial charge on any atom is -0.378 e. The number of carbonyl (C=O) groups is 1. The van der Waals surface area contributed by atoms with Gasteiger partial charge in [0.25, 0.3) is 5.91 Å². The van der Waals surface area contributed by atoms with Crippen molar-refractivity contribution in [3.63, 3.8) is 0 Å². The molecule has 7 nitrogen and oxygen atoms in total. The number of rotatable bonds is 3. The molecule has 146 valence electrons. The number of hydrogen-bond acceptors (Lipinski definition) is 6. The average molecular weight is 401 g/mol. The van der Waals surface area contributed by atoms with E-state index in [1.165, 1.54) is 17.4 Å². The number of piperidine rings is 1. The Morgan fingerprint density at radius 1 is 1.32 bits per heavy atom. The highest BCUT2D eigenvalue weighted by Crippen LogP contribution is 2.28. The van der Waals surface area contributed by atoms with Crippen LogP contribution in [0, 0.1) is 5.82 Å². The minimum absolute atomic E-state index is 0.0716. The van der Waals surface area contributed by atoms with Crippen LogP contribution < -0.4 is 5.32 Å². The Morgan fingerprint density at radius 3 is 2.82 bits per heavy atom. The molecule has 2 aliphatic heterocycles. The fourth-order valence-electron chi connectivity index (χ4n) is 4.22. The molecule has 0 aromatic carbocycles. The van der Waals surface area contributed by atoms with E-state index in [0.29, 0.717) is 47.0 Å². The number of likely N-dealkylation sites (N-methyl/N-ethyl adjacent to an activating group) is 1. The van der Waals surface area contributed by atoms with Crippen molar-refractivity contribution in [1.29, 1.82) is 0 Å². The number of ether oxygens (including phenoxy) is 1. The van der Waals surface area contributed by atoms with E-state index in [1.807, 2.05) is 5.38 Å². The summed E-state index contributed by atoms with van der Waals surface area (Å²) in [5.74, 6) is -0.675. The Hall–Kier alpha value is -2.36. The van der Waals surface area contributed by atoms with Crippen LogP contribution in [0.5, 0.6) is 0 Å². The number of carbonyl (C=O) groups excluding carboxylic acids is 1. The number of amides is 1. The molecule has 0 radical (unpaired) electrons. The summed E-state index contributed by atoms with van der Waals surface area (Å²) in [6, 6.07) is 2.06. The van der Waals surface area contributed by atoms with Crippen LogP contribution in [0.15, 0.2) is 30.0 Å². The molecule has 28 heavy (non-hydrogen) atoms. The first-order chi connectivity index (χ1) is 13.6. The zero-order valence-electron chi connectivity index (χ0n) is 15.3. The van der Waals surface area contributed by atoms with Gasteiger partial charge in [-0.05, 0) is 26.0 Å². The van der Waals surface area contributed by atoms with E-state index in [2.05, 4.69) is 27.2 Å². The van der Waals surface area contributed by atoms with Gasteiger partial charge in [0.15, 0.2) is 5.13 Å². The smallest absolute Gasteiger partial charge is 0.253 e. The molecule has 1 amide bonds. The Labute approximate surface area is 165 Å². The molecule has 9 heteroatoms. The third-order valence-electron chi connectivity index (χ3n) is 5.70. The molecule has 2 bridgehead atoms. The first-order valence-corrected chi connectivity index (χ1v) is 10.1. The van der Waals surface area contributed by atoms with Gasteiger partial charge in [-0.25, -0.2) is 14.4 Å². The summed E-state index contributed by atoms with van der Waals surface area (Å²) in [6.45, 7) is 1.38. The van der Waals surface area contributed by atoms with Crippen LogP contribution in [-0.4, -0.2) is 63.7 Å². The third-order valence-corrected chi connectivity index (χ3v) is 6.47. The fourth-order valence-corrected chi connectivity index (χ4v) is 4.84. The van der Waals surface area contributed by atoms with Crippen LogP contribution in [0.3, 0.4) is 0 Å². The van der Waals surface area contributed by atoms with E-state index in [4.69, 9.17) is 4.74 Å². The van der Waals surface area contributed by atoms with E-state index in [0.717, 1.165) is 19.0 Å². The highest BCUT2D eigenvalue weighted by molar-refractivity contribution is 7.12. The largest absolute Gasteiger partial charge is 0.378 e. The normalized spacial score (nSPS) is 25.1. The molecule has 0 saturated carbocycles. The second-order valence-corrected chi connectivity index (χ2v) is 8.28. The Morgan fingerprint density at radius 2 is 2.11 bits per heavy atom. The molecule has 0 spiro atoms. The first kappa shape index (κ1) is 17.7. The molecule has 2 saturated heterocycles. The molecular formula is C19H20FN5O2S. The Balaban J connectivity index is 1.46. The Bertz CT molecular complexity index is 1010. The number of pyridine rings is 1. The van der Waals surface area contributed by atoms with Gasteiger partial charge in [-0.3, -0.25) is 14.3 Å². The number of hydrogen-bond donors (Lipinski definition) is 1. The van der Waals surface area contributed by atoms with E-state index in [9.17, 15) is 9.18 Å². The van der Waals surface area contributed by atoms with Crippen LogP contribution in [0.25, 0.3) is 16.2 Å². The van der Waals surface area contributed by atoms with E-state index in [-0.39, 0.29) is 11.9 Å². The zero-order valence-corrected chi connectivity index (χ0v) is 16.2. The van der Waals surface area contributed by atoms with Gasteiger partial charge in [0, 0.05) is 41.3 Å². The lowest BCUT2D eigenvalue weighted by Gasteiger charge is -2.46. The lowest BCUT2D eigenvalue weighted by atomic mass is 9.90. The van der Waals surface area contributed by atoms with Crippen molar-refractivity contribution in [3.8, 4) is 5.13 Å². The summed E-state index contributed by atoms with van der Waals surface area (Å²) in [6.07, 6.45) is 6.23. The van der Waals surface area contributed by atoms with Crippen molar-refractivity contribution in [3.05, 3.63) is 41.4 Å². The van der Waals surface area contributed by atoms with Crippen LogP contribution in [-0.2, 0) is 4.74 Å². The molecule has 3 aromatic rings. The second kappa shape index (κ2) is 6.91. The summed E-state index contributed by atoms with van der Waals surface area (Å²) in [5, 5.41) is 6.18. The fraction of sp³-hybridized carbons (Fsp3) is 0.421. The lowest BCUT2D eigenvalue weighted by Crippen LogP contribution is -2.59. The quantitative estimate of drug-likeness (QED) is 0.729. The average Bonchev–Trinajstić information content (AvgIpc) is 3.29. The minimum atomic E-state index is -0.468. The number of nitrogens with zero attached hydrogens (tertiary/aromatic N) is 4. The standard InChI is InChI=1S/C19H20FN5O2S/c1-24-13-5-12(6-14(24)10-27-9-13)23-18(26)16-8-25(19-21-2-3-28-19)17-15(16)4-11(20)7-22-17/h2-4,7-8,12-14H,5-6,9-10H2,1H3,(H,23,26)/t12?,13-,14+. The van der Waals surface area contributed by atoms with Crippen molar-refractivity contribution in [2.75, 3.05) is 20.3 Å². The van der Waals surface area contributed by atoms with Gasteiger partial charge in [-0.1, -0.05) is 0 Å². The predicted octanol–water partition coefficient (Wildman–Crippen LogP) is 2.21. The first-order valence-electron chi connectivity index (χ1n) is 9.27. The number of nitrogens with one attached hydrogen (secondary N) is 1. The summed E-state index contributed by atoms with van der Waals surface area (Å²) in [5.41, 5.74) is 0.938. The zero-order chi connectivity index (χ0) is 19.3. The molecule has 3 atom stereocenters. The van der Waals surface area contributed by atoms with Crippen LogP contribution in [0.4, 0.5) is 4.39 Å². The SMILES string of the molecule is CN1[C@@H]2COC[C@H]1CC(NC(=O)c1cn(-c3nccs3)c3ncc(F)cc13)C2. The number of fused-ring (bicyclic) bond motifs is 3. The van der Waals surface area contributed by atoms with Crippen molar-refractivity contribution in [2.45, 2.75) is 31.0 Å². The van der Waals surface area contributed by atoms with E-state index in [1.54, 1.807) is 17.0 Å². The van der Waals surface area contributed by atoms with Crippen LogP contribution >= 0.6 is 11.3 Å². The molecule has 1 unspecified atom stereocenters. The van der Waals surface area contributed by atoms with Crippen molar-refractivity contribution in [2.24, 2.45) is 0 Å². The second-order valence-electron chi connectivity index (χ2n) is 7.40. The predicted molar refractivity (Wildman–Crippen MR) is 103 cm³/mol. The molecule has 1 N–H and O–H groups in total.